The number of piperidine rings is 1. The van der Waals surface area contributed by atoms with Crippen LogP contribution in [0.1, 0.15) is 43.5 Å². The topological polar surface area (TPSA) is 53.4 Å². The van der Waals surface area contributed by atoms with Crippen LogP contribution in [0.5, 0.6) is 0 Å². The minimum absolute atomic E-state index is 0.0596. The van der Waals surface area contributed by atoms with Crippen LogP contribution in [0, 0.1) is 5.82 Å². The van der Waals surface area contributed by atoms with Crippen LogP contribution in [0.2, 0.25) is 0 Å². The van der Waals surface area contributed by atoms with E-state index in [0.29, 0.717) is 5.82 Å². The Morgan fingerprint density at radius 3 is 2.61 bits per heavy atom. The highest BCUT2D eigenvalue weighted by atomic mass is 19.1. The SMILES string of the molecule is CC1CCCC(C)N1c1ncc(F)cc1C(=O)O. The summed E-state index contributed by atoms with van der Waals surface area (Å²) in [4.78, 5) is 17.2. The fraction of sp³-hybridized carbons (Fsp3) is 0.538. The van der Waals surface area contributed by atoms with E-state index in [1.54, 1.807) is 0 Å². The third-order valence-corrected chi connectivity index (χ3v) is 3.50. The molecule has 2 atom stereocenters. The van der Waals surface area contributed by atoms with E-state index in [1.165, 1.54) is 0 Å². The number of halogens is 1. The molecule has 18 heavy (non-hydrogen) atoms. The van der Waals surface area contributed by atoms with Crippen molar-refractivity contribution in [3.63, 3.8) is 0 Å². The van der Waals surface area contributed by atoms with E-state index in [4.69, 9.17) is 5.11 Å². The second kappa shape index (κ2) is 4.92. The second-order valence-corrected chi connectivity index (χ2v) is 4.87. The summed E-state index contributed by atoms with van der Waals surface area (Å²) in [6, 6.07) is 1.49. The van der Waals surface area contributed by atoms with Crippen LogP contribution < -0.4 is 4.90 Å². The monoisotopic (exact) mass is 252 g/mol. The second-order valence-electron chi connectivity index (χ2n) is 4.87. The van der Waals surface area contributed by atoms with Crippen LogP contribution in [-0.4, -0.2) is 28.1 Å². The Kier molecular flexibility index (Phi) is 3.50. The van der Waals surface area contributed by atoms with Crippen LogP contribution in [0.15, 0.2) is 12.3 Å². The zero-order chi connectivity index (χ0) is 13.3. The summed E-state index contributed by atoms with van der Waals surface area (Å²) >= 11 is 0. The highest BCUT2D eigenvalue weighted by molar-refractivity contribution is 5.93. The number of hydrogen-bond acceptors (Lipinski definition) is 3. The first-order chi connectivity index (χ1) is 8.50. The van der Waals surface area contributed by atoms with Crippen LogP contribution in [0.25, 0.3) is 0 Å². The summed E-state index contributed by atoms with van der Waals surface area (Å²) in [7, 11) is 0. The molecule has 0 saturated carbocycles. The Balaban J connectivity index is 2.45. The molecule has 2 rings (SSSR count). The third kappa shape index (κ3) is 2.30. The molecule has 98 valence electrons. The van der Waals surface area contributed by atoms with Gasteiger partial charge in [-0.15, -0.1) is 0 Å². The molecule has 0 aliphatic carbocycles. The maximum atomic E-state index is 13.1. The molecule has 4 nitrogen and oxygen atoms in total. The van der Waals surface area contributed by atoms with Crippen molar-refractivity contribution in [1.29, 1.82) is 0 Å². The number of anilines is 1. The molecule has 1 aromatic rings. The van der Waals surface area contributed by atoms with Gasteiger partial charge in [-0.3, -0.25) is 0 Å². The van der Waals surface area contributed by atoms with Gasteiger partial charge < -0.3 is 10.0 Å². The lowest BCUT2D eigenvalue weighted by Crippen LogP contribution is -2.45. The van der Waals surface area contributed by atoms with Crippen molar-refractivity contribution in [2.24, 2.45) is 0 Å². The van der Waals surface area contributed by atoms with Gasteiger partial charge in [0, 0.05) is 12.1 Å². The minimum atomic E-state index is -1.14. The lowest BCUT2D eigenvalue weighted by molar-refractivity contribution is 0.0696. The Morgan fingerprint density at radius 2 is 2.06 bits per heavy atom. The van der Waals surface area contributed by atoms with Gasteiger partial charge in [0.15, 0.2) is 0 Å². The van der Waals surface area contributed by atoms with Crippen LogP contribution in [0.4, 0.5) is 10.2 Å². The number of rotatable bonds is 2. The number of carbonyl (C=O) groups is 1. The summed E-state index contributed by atoms with van der Waals surface area (Å²) in [6.45, 7) is 4.10. The molecule has 1 N–H and O–H groups in total. The molecule has 0 bridgehead atoms. The molecule has 1 fully saturated rings. The number of hydrogen-bond donors (Lipinski definition) is 1. The Bertz CT molecular complexity index is 454. The number of carboxylic acids is 1. The maximum absolute atomic E-state index is 13.1. The molecule has 0 spiro atoms. The van der Waals surface area contributed by atoms with E-state index >= 15 is 0 Å². The van der Waals surface area contributed by atoms with Crippen molar-refractivity contribution in [2.75, 3.05) is 4.90 Å². The molecule has 1 aromatic heterocycles. The standard InChI is InChI=1S/C13H17FN2O2/c1-8-4-3-5-9(2)16(8)12-11(13(17)18)6-10(14)7-15-12/h6-9H,3-5H2,1-2H3,(H,17,18). The normalized spacial score (nSPS) is 24.1. The van der Waals surface area contributed by atoms with E-state index in [-0.39, 0.29) is 17.6 Å². The molecule has 1 aliphatic rings. The highest BCUT2D eigenvalue weighted by Crippen LogP contribution is 2.30. The first kappa shape index (κ1) is 12.8. The Hall–Kier alpha value is -1.65. The minimum Gasteiger partial charge on any atom is -0.478 e. The van der Waals surface area contributed by atoms with Crippen LogP contribution >= 0.6 is 0 Å². The number of carboxylic acid groups (broad SMARTS) is 1. The first-order valence-corrected chi connectivity index (χ1v) is 6.18. The molecular formula is C13H17FN2O2. The average molecular weight is 252 g/mol. The summed E-state index contributed by atoms with van der Waals surface area (Å²) in [6.07, 6.45) is 4.21. The molecule has 5 heteroatoms. The number of aromatic carboxylic acids is 1. The third-order valence-electron chi connectivity index (χ3n) is 3.50. The van der Waals surface area contributed by atoms with Gasteiger partial charge in [0.1, 0.15) is 17.2 Å². The quantitative estimate of drug-likeness (QED) is 0.879. The zero-order valence-electron chi connectivity index (χ0n) is 10.6. The maximum Gasteiger partial charge on any atom is 0.339 e. The molecule has 0 aromatic carbocycles. The number of pyridine rings is 1. The molecule has 1 saturated heterocycles. The molecule has 0 radical (unpaired) electrons. The lowest BCUT2D eigenvalue weighted by atomic mass is 9.97. The highest BCUT2D eigenvalue weighted by Gasteiger charge is 2.29. The fourth-order valence-corrected chi connectivity index (χ4v) is 2.63. The van der Waals surface area contributed by atoms with Crippen molar-refractivity contribution >= 4 is 11.8 Å². The van der Waals surface area contributed by atoms with Gasteiger partial charge in [0.05, 0.1) is 6.20 Å². The van der Waals surface area contributed by atoms with Crippen LogP contribution in [0.3, 0.4) is 0 Å². The molecule has 1 aliphatic heterocycles. The zero-order valence-corrected chi connectivity index (χ0v) is 10.6. The Morgan fingerprint density at radius 1 is 1.44 bits per heavy atom. The van der Waals surface area contributed by atoms with Crippen molar-refractivity contribution in [3.8, 4) is 0 Å². The van der Waals surface area contributed by atoms with Crippen molar-refractivity contribution in [3.05, 3.63) is 23.6 Å². The summed E-state index contributed by atoms with van der Waals surface area (Å²) in [5.41, 5.74) is -0.0596. The Labute approximate surface area is 105 Å². The van der Waals surface area contributed by atoms with Crippen molar-refractivity contribution < 1.29 is 14.3 Å². The molecule has 2 heterocycles. The number of aromatic nitrogens is 1. The van der Waals surface area contributed by atoms with Gasteiger partial charge in [0.25, 0.3) is 0 Å². The van der Waals surface area contributed by atoms with Gasteiger partial charge in [-0.2, -0.15) is 0 Å². The molecular weight excluding hydrogens is 235 g/mol. The summed E-state index contributed by atoms with van der Waals surface area (Å²) in [5, 5.41) is 9.16. The van der Waals surface area contributed by atoms with Crippen molar-refractivity contribution in [1.82, 2.24) is 4.98 Å². The smallest absolute Gasteiger partial charge is 0.339 e. The van der Waals surface area contributed by atoms with Gasteiger partial charge in [0.2, 0.25) is 0 Å². The molecule has 0 amide bonds. The van der Waals surface area contributed by atoms with E-state index in [2.05, 4.69) is 4.98 Å². The van der Waals surface area contributed by atoms with Crippen molar-refractivity contribution in [2.45, 2.75) is 45.2 Å². The van der Waals surface area contributed by atoms with Gasteiger partial charge in [-0.1, -0.05) is 0 Å². The lowest BCUT2D eigenvalue weighted by Gasteiger charge is -2.40. The summed E-state index contributed by atoms with van der Waals surface area (Å²) in [5.74, 6) is -1.38. The van der Waals surface area contributed by atoms with Gasteiger partial charge in [-0.05, 0) is 39.2 Å². The van der Waals surface area contributed by atoms with E-state index in [1.807, 2.05) is 18.7 Å². The predicted octanol–water partition coefficient (Wildman–Crippen LogP) is 2.69. The van der Waals surface area contributed by atoms with E-state index in [9.17, 15) is 9.18 Å². The van der Waals surface area contributed by atoms with E-state index in [0.717, 1.165) is 31.5 Å². The van der Waals surface area contributed by atoms with Gasteiger partial charge >= 0.3 is 5.97 Å². The first-order valence-electron chi connectivity index (χ1n) is 6.18. The fourth-order valence-electron chi connectivity index (χ4n) is 2.63. The van der Waals surface area contributed by atoms with Gasteiger partial charge in [-0.25, -0.2) is 14.2 Å². The average Bonchev–Trinajstić information content (AvgIpc) is 2.30. The van der Waals surface area contributed by atoms with E-state index < -0.39 is 11.8 Å². The number of nitrogens with zero attached hydrogens (tertiary/aromatic N) is 2. The van der Waals surface area contributed by atoms with Crippen LogP contribution in [-0.2, 0) is 0 Å². The predicted molar refractivity (Wildman–Crippen MR) is 66.4 cm³/mol. The molecule has 2 unspecified atom stereocenters. The summed E-state index contributed by atoms with van der Waals surface area (Å²) < 4.78 is 13.1. The largest absolute Gasteiger partial charge is 0.478 e.